The molecule has 106 valence electrons. The number of phenolic OH excluding ortho intramolecular Hbond substituents is 1. The Kier molecular flexibility index (Phi) is 4.35. The predicted molar refractivity (Wildman–Crippen MR) is 82.2 cm³/mol. The molecule has 4 nitrogen and oxygen atoms in total. The summed E-state index contributed by atoms with van der Waals surface area (Å²) in [5.74, 6) is 1.08. The third kappa shape index (κ3) is 3.15. The second kappa shape index (κ2) is 6.19. The van der Waals surface area contributed by atoms with Gasteiger partial charge in [-0.15, -0.1) is 0 Å². The van der Waals surface area contributed by atoms with Gasteiger partial charge in [-0.25, -0.2) is 0 Å². The maximum absolute atomic E-state index is 9.60. The Bertz CT molecular complexity index is 584. The zero-order valence-electron chi connectivity index (χ0n) is 11.8. The lowest BCUT2D eigenvalue weighted by molar-refractivity contribution is 0.409. The highest BCUT2D eigenvalue weighted by atomic mass is 16.5. The molecule has 0 aliphatic rings. The van der Waals surface area contributed by atoms with Gasteiger partial charge in [-0.1, -0.05) is 6.07 Å². The maximum atomic E-state index is 9.60. The van der Waals surface area contributed by atoms with Gasteiger partial charge in [0.15, 0.2) is 0 Å². The summed E-state index contributed by atoms with van der Waals surface area (Å²) in [5, 5.41) is 9.60. The Morgan fingerprint density at radius 2 is 2.00 bits per heavy atom. The van der Waals surface area contributed by atoms with Crippen molar-refractivity contribution in [1.82, 2.24) is 0 Å². The van der Waals surface area contributed by atoms with Crippen LogP contribution in [-0.2, 0) is 6.54 Å². The van der Waals surface area contributed by atoms with Crippen molar-refractivity contribution in [2.24, 2.45) is 0 Å². The molecular weight excluding hydrogens is 252 g/mol. The summed E-state index contributed by atoms with van der Waals surface area (Å²) in [6, 6.07) is 12.9. The molecule has 0 spiro atoms. The lowest BCUT2D eigenvalue weighted by Crippen LogP contribution is -2.22. The van der Waals surface area contributed by atoms with Gasteiger partial charge in [0.2, 0.25) is 0 Å². The Hall–Kier alpha value is -2.36. The van der Waals surface area contributed by atoms with E-state index in [1.165, 1.54) is 0 Å². The highest BCUT2D eigenvalue weighted by Crippen LogP contribution is 2.26. The van der Waals surface area contributed by atoms with Crippen LogP contribution in [0.1, 0.15) is 12.5 Å². The van der Waals surface area contributed by atoms with Gasteiger partial charge in [0.05, 0.1) is 7.11 Å². The minimum absolute atomic E-state index is 0.264. The number of ether oxygens (including phenoxy) is 1. The summed E-state index contributed by atoms with van der Waals surface area (Å²) in [6.07, 6.45) is 0. The molecule has 0 unspecified atom stereocenters. The molecule has 20 heavy (non-hydrogen) atoms. The fourth-order valence-corrected chi connectivity index (χ4v) is 2.20. The van der Waals surface area contributed by atoms with Gasteiger partial charge in [-0.05, 0) is 37.3 Å². The molecule has 0 heterocycles. The number of nitrogen functional groups attached to an aromatic ring is 1. The van der Waals surface area contributed by atoms with E-state index >= 15 is 0 Å². The smallest absolute Gasteiger partial charge is 0.123 e. The molecule has 0 aromatic heterocycles. The van der Waals surface area contributed by atoms with Gasteiger partial charge in [-0.2, -0.15) is 0 Å². The van der Waals surface area contributed by atoms with Crippen LogP contribution in [0.2, 0.25) is 0 Å². The van der Waals surface area contributed by atoms with E-state index in [4.69, 9.17) is 10.5 Å². The second-order valence-corrected chi connectivity index (χ2v) is 4.61. The van der Waals surface area contributed by atoms with Crippen LogP contribution in [-0.4, -0.2) is 18.8 Å². The summed E-state index contributed by atoms with van der Waals surface area (Å²) in [7, 11) is 1.65. The minimum atomic E-state index is 0.264. The van der Waals surface area contributed by atoms with E-state index < -0.39 is 0 Å². The van der Waals surface area contributed by atoms with Crippen molar-refractivity contribution >= 4 is 11.4 Å². The molecule has 2 aromatic carbocycles. The molecule has 0 saturated carbocycles. The summed E-state index contributed by atoms with van der Waals surface area (Å²) in [6.45, 7) is 3.57. The Morgan fingerprint density at radius 1 is 1.20 bits per heavy atom. The number of aromatic hydroxyl groups is 1. The lowest BCUT2D eigenvalue weighted by atomic mass is 10.1. The van der Waals surface area contributed by atoms with E-state index in [0.717, 1.165) is 23.5 Å². The fraction of sp³-hybridized carbons (Fsp3) is 0.250. The van der Waals surface area contributed by atoms with Crippen LogP contribution in [0, 0.1) is 0 Å². The Morgan fingerprint density at radius 3 is 2.65 bits per heavy atom. The molecule has 4 heteroatoms. The predicted octanol–water partition coefficient (Wildman–Crippen LogP) is 3.01. The quantitative estimate of drug-likeness (QED) is 0.821. The van der Waals surface area contributed by atoms with Crippen molar-refractivity contribution in [1.29, 1.82) is 0 Å². The van der Waals surface area contributed by atoms with Gasteiger partial charge < -0.3 is 20.5 Å². The first-order valence-corrected chi connectivity index (χ1v) is 6.60. The molecule has 0 aliphatic heterocycles. The molecule has 0 amide bonds. The van der Waals surface area contributed by atoms with Crippen molar-refractivity contribution in [2.75, 3.05) is 24.3 Å². The molecule has 0 radical (unpaired) electrons. The molecular formula is C16H20N2O2. The van der Waals surface area contributed by atoms with Gasteiger partial charge >= 0.3 is 0 Å². The van der Waals surface area contributed by atoms with Crippen molar-refractivity contribution in [2.45, 2.75) is 13.5 Å². The van der Waals surface area contributed by atoms with Crippen molar-refractivity contribution in [3.8, 4) is 11.5 Å². The number of phenols is 1. The van der Waals surface area contributed by atoms with Crippen molar-refractivity contribution in [3.05, 3.63) is 48.0 Å². The second-order valence-electron chi connectivity index (χ2n) is 4.61. The number of hydrogen-bond acceptors (Lipinski definition) is 4. The van der Waals surface area contributed by atoms with Crippen LogP contribution in [0.3, 0.4) is 0 Å². The van der Waals surface area contributed by atoms with Crippen molar-refractivity contribution in [3.63, 3.8) is 0 Å². The number of nitrogens with two attached hydrogens (primary N) is 1. The summed E-state index contributed by atoms with van der Waals surface area (Å²) in [4.78, 5) is 2.15. The summed E-state index contributed by atoms with van der Waals surface area (Å²) < 4.78 is 5.37. The number of benzene rings is 2. The maximum Gasteiger partial charge on any atom is 0.123 e. The summed E-state index contributed by atoms with van der Waals surface area (Å²) in [5.41, 5.74) is 8.56. The van der Waals surface area contributed by atoms with Crippen LogP contribution < -0.4 is 15.4 Å². The Balaban J connectivity index is 2.28. The summed E-state index contributed by atoms with van der Waals surface area (Å²) >= 11 is 0. The molecule has 0 saturated heterocycles. The SMILES string of the molecule is CCN(Cc1cc(N)ccc1OC)c1cccc(O)c1. The van der Waals surface area contributed by atoms with Crippen LogP contribution in [0.4, 0.5) is 11.4 Å². The average molecular weight is 272 g/mol. The zero-order valence-corrected chi connectivity index (χ0v) is 11.8. The van der Waals surface area contributed by atoms with E-state index in [2.05, 4.69) is 11.8 Å². The molecule has 2 rings (SSSR count). The van der Waals surface area contributed by atoms with E-state index in [0.29, 0.717) is 12.2 Å². The first-order chi connectivity index (χ1) is 9.63. The number of methoxy groups -OCH3 is 1. The first-order valence-electron chi connectivity index (χ1n) is 6.60. The molecule has 2 aromatic rings. The van der Waals surface area contributed by atoms with Crippen LogP contribution in [0.15, 0.2) is 42.5 Å². The third-order valence-corrected chi connectivity index (χ3v) is 3.24. The Labute approximate surface area is 119 Å². The number of hydrogen-bond donors (Lipinski definition) is 2. The van der Waals surface area contributed by atoms with Crippen LogP contribution in [0.25, 0.3) is 0 Å². The number of anilines is 2. The highest BCUT2D eigenvalue weighted by molar-refractivity contribution is 5.53. The van der Waals surface area contributed by atoms with Crippen molar-refractivity contribution < 1.29 is 9.84 Å². The van der Waals surface area contributed by atoms with E-state index in [1.807, 2.05) is 30.3 Å². The molecule has 0 atom stereocenters. The van der Waals surface area contributed by atoms with E-state index in [-0.39, 0.29) is 5.75 Å². The molecule has 0 fully saturated rings. The topological polar surface area (TPSA) is 58.7 Å². The third-order valence-electron chi connectivity index (χ3n) is 3.24. The average Bonchev–Trinajstić information content (AvgIpc) is 2.45. The van der Waals surface area contributed by atoms with Gasteiger partial charge in [0, 0.05) is 36.1 Å². The van der Waals surface area contributed by atoms with Gasteiger partial charge in [0.1, 0.15) is 11.5 Å². The number of nitrogens with zero attached hydrogens (tertiary/aromatic N) is 1. The molecule has 3 N–H and O–H groups in total. The van der Waals surface area contributed by atoms with Crippen LogP contribution >= 0.6 is 0 Å². The minimum Gasteiger partial charge on any atom is -0.508 e. The number of rotatable bonds is 5. The highest BCUT2D eigenvalue weighted by Gasteiger charge is 2.10. The standard InChI is InChI=1S/C16H20N2O2/c1-3-18(14-5-4-6-15(19)10-14)11-12-9-13(17)7-8-16(12)20-2/h4-10,19H,3,11,17H2,1-2H3. The first kappa shape index (κ1) is 14.1. The normalized spacial score (nSPS) is 10.3. The fourth-order valence-electron chi connectivity index (χ4n) is 2.20. The lowest BCUT2D eigenvalue weighted by Gasteiger charge is -2.24. The van der Waals surface area contributed by atoms with Gasteiger partial charge in [-0.3, -0.25) is 0 Å². The van der Waals surface area contributed by atoms with E-state index in [9.17, 15) is 5.11 Å². The largest absolute Gasteiger partial charge is 0.508 e. The zero-order chi connectivity index (χ0) is 14.5. The van der Waals surface area contributed by atoms with Crippen LogP contribution in [0.5, 0.6) is 11.5 Å². The molecule has 0 aliphatic carbocycles. The van der Waals surface area contributed by atoms with E-state index in [1.54, 1.807) is 19.2 Å². The monoisotopic (exact) mass is 272 g/mol. The van der Waals surface area contributed by atoms with Gasteiger partial charge in [0.25, 0.3) is 0 Å². The molecule has 0 bridgehead atoms.